The van der Waals surface area contributed by atoms with Crippen molar-refractivity contribution in [3.8, 4) is 58.2 Å². The highest BCUT2D eigenvalue weighted by atomic mass is 19.1. The molecule has 0 spiro atoms. The van der Waals surface area contributed by atoms with E-state index in [1.807, 2.05) is 4.90 Å². The van der Waals surface area contributed by atoms with Crippen molar-refractivity contribution in [1.82, 2.24) is 44.9 Å². The molecule has 7 aliphatic heterocycles. The van der Waals surface area contributed by atoms with Gasteiger partial charge in [-0.05, 0) is 79.9 Å². The number of aromatic nitrogens is 5. The van der Waals surface area contributed by atoms with E-state index in [1.165, 1.54) is 24.4 Å². The van der Waals surface area contributed by atoms with Gasteiger partial charge in [0.1, 0.15) is 61.3 Å². The van der Waals surface area contributed by atoms with Crippen molar-refractivity contribution in [2.24, 2.45) is 5.73 Å². The average molecular weight is 1260 g/mol. The van der Waals surface area contributed by atoms with Gasteiger partial charge in [-0.3, -0.25) is 29.1 Å². The Morgan fingerprint density at radius 2 is 1.77 bits per heavy atom. The molecule has 476 valence electrons. The number of hydrogen-bond donors (Lipinski definition) is 4. The van der Waals surface area contributed by atoms with E-state index < -0.39 is 77.7 Å². The molecule has 7 aromatic rings. The quantitative estimate of drug-likeness (QED) is 0.0550. The molecule has 4 saturated heterocycles. The van der Waals surface area contributed by atoms with Gasteiger partial charge in [-0.25, -0.2) is 22.9 Å². The maximum absolute atomic E-state index is 17.4. The molecule has 3 amide bonds. The number of benzene rings is 3. The van der Waals surface area contributed by atoms with Crippen LogP contribution < -0.4 is 41.0 Å². The summed E-state index contributed by atoms with van der Waals surface area (Å²) >= 11 is 0. The summed E-state index contributed by atoms with van der Waals surface area (Å²) in [4.78, 5) is 93.3. The van der Waals surface area contributed by atoms with Crippen LogP contribution in [0.4, 0.5) is 23.8 Å². The molecular formula is C65H62F3N11O13. The maximum atomic E-state index is 17.4. The van der Waals surface area contributed by atoms with E-state index in [-0.39, 0.29) is 153 Å². The number of alkyl halides is 1. The number of nitrogens with zero attached hydrogens (tertiary/aromatic N) is 8. The first-order valence-electron chi connectivity index (χ1n) is 30.3. The summed E-state index contributed by atoms with van der Waals surface area (Å²) in [6.07, 6.45) is 8.12. The van der Waals surface area contributed by atoms with Crippen LogP contribution in [0, 0.1) is 24.0 Å². The second-order valence-electron chi connectivity index (χ2n) is 24.1. The largest absolute Gasteiger partial charge is 0.508 e. The number of ether oxygens (including phenoxy) is 7. The summed E-state index contributed by atoms with van der Waals surface area (Å²) in [5.74, 6) is -0.0708. The number of anilines is 1. The van der Waals surface area contributed by atoms with Gasteiger partial charge in [-0.1, -0.05) is 25.5 Å². The Bertz CT molecular complexity index is 4400. The number of alkyl carbamates (subject to hydrolysis) is 1. The second kappa shape index (κ2) is 23.6. The number of terminal acetylenes is 1. The van der Waals surface area contributed by atoms with E-state index in [4.69, 9.17) is 55.3 Å². The Morgan fingerprint density at radius 1 is 0.967 bits per heavy atom. The van der Waals surface area contributed by atoms with Gasteiger partial charge in [0.25, 0.3) is 11.5 Å². The van der Waals surface area contributed by atoms with Crippen LogP contribution in [0.15, 0.2) is 65.6 Å². The lowest BCUT2D eigenvalue weighted by Crippen LogP contribution is -2.56. The molecule has 2 bridgehead atoms. The van der Waals surface area contributed by atoms with Gasteiger partial charge in [-0.15, -0.1) is 6.42 Å². The Balaban J connectivity index is 0.666. The molecule has 5 atom stereocenters. The lowest BCUT2D eigenvalue weighted by atomic mass is 9.87. The summed E-state index contributed by atoms with van der Waals surface area (Å²) in [6.45, 7) is 5.24. The van der Waals surface area contributed by atoms with Gasteiger partial charge in [-0.2, -0.15) is 9.97 Å². The molecule has 5 N–H and O–H groups in total. The first kappa shape index (κ1) is 60.0. The molecule has 14 rings (SSSR count). The molecule has 3 aromatic carbocycles. The SMILES string of the molecule is C#Cc1c(F)ccc2cc(O)cc(-c3ncc4c(N5CC6CCC(C5)N6C(=O)C(=C)COC(=O)NCC(=O)O[C@]5(CC)COCOCc6c5cc5n(c6=O)Cc6c-5nc5cc7c(cc5c6CNC(=O)CN)OCO7)nc(OC[C@]56CCCN5C[C@@H](F)C6)nc4c3F)c12. The van der Waals surface area contributed by atoms with Crippen LogP contribution in [0.3, 0.4) is 0 Å². The van der Waals surface area contributed by atoms with Gasteiger partial charge >= 0.3 is 18.1 Å². The van der Waals surface area contributed by atoms with Crippen LogP contribution in [-0.4, -0.2) is 160 Å². The third-order valence-electron chi connectivity index (χ3n) is 18.8. The fourth-order valence-corrected chi connectivity index (χ4v) is 14.5. The molecule has 0 radical (unpaired) electrons. The number of piperazine rings is 1. The van der Waals surface area contributed by atoms with Crippen molar-refractivity contribution in [3.05, 3.63) is 111 Å². The minimum atomic E-state index is -1.56. The zero-order valence-electron chi connectivity index (χ0n) is 49.9. The number of halogens is 3. The average Bonchev–Trinajstić information content (AvgIpc) is 1.43. The Morgan fingerprint density at radius 3 is 2.55 bits per heavy atom. The molecule has 27 heteroatoms. The van der Waals surface area contributed by atoms with E-state index in [9.17, 15) is 33.5 Å². The first-order valence-corrected chi connectivity index (χ1v) is 30.3. The number of rotatable bonds is 15. The summed E-state index contributed by atoms with van der Waals surface area (Å²) < 4.78 is 90.0. The first-order chi connectivity index (χ1) is 44.5. The predicted octanol–water partition coefficient (Wildman–Crippen LogP) is 5.62. The number of pyridine rings is 3. The zero-order valence-corrected chi connectivity index (χ0v) is 49.9. The van der Waals surface area contributed by atoms with Gasteiger partial charge in [0.15, 0.2) is 22.9 Å². The standard InChI is InChI=1S/C65H62F3N11O13/c1-4-39-47(67)10-7-34-13-38(80)14-41(54(34)39)57-55(68)58-43(21-71-57)59(75-62(74-58)89-29-64-11-6-12-77(64)23-35(66)18-64)76-24-36-8-9-37(25-76)79(36)60(83)33(3)27-88-63(85)72-22-53(82)92-65(5-2)30-87-31-86-28-45-46(65)16-49-56-44(26-78(49)61(45)84)42(20-70-52(81)19-69)40-15-50-51(91-32-90-50)17-48(40)73-56/h1,7,10,13-17,21,35-37,80H,3,5-6,8-9,11-12,18-20,22-32,69H2,2H3,(H,70,81)(H,72,85)/t35-,36?,37?,64+,65+/m0/s1. The molecule has 0 saturated carbocycles. The lowest BCUT2D eigenvalue weighted by molar-refractivity contribution is -0.180. The molecule has 7 aliphatic rings. The third-order valence-corrected chi connectivity index (χ3v) is 18.8. The fourth-order valence-electron chi connectivity index (χ4n) is 14.5. The number of fused-ring (bicyclic) bond motifs is 11. The van der Waals surface area contributed by atoms with Crippen LogP contribution >= 0.6 is 0 Å². The number of aromatic hydroxyl groups is 1. The van der Waals surface area contributed by atoms with E-state index in [0.717, 1.165) is 12.5 Å². The van der Waals surface area contributed by atoms with Gasteiger partial charge in [0.05, 0.1) is 77.3 Å². The molecule has 0 aliphatic carbocycles. The highest BCUT2D eigenvalue weighted by Crippen LogP contribution is 2.46. The summed E-state index contributed by atoms with van der Waals surface area (Å²) in [7, 11) is 0. The molecule has 2 unspecified atom stereocenters. The van der Waals surface area contributed by atoms with Gasteiger partial charge < -0.3 is 69.0 Å². The van der Waals surface area contributed by atoms with Crippen LogP contribution in [0.1, 0.15) is 73.3 Å². The van der Waals surface area contributed by atoms with Crippen LogP contribution in [-0.2, 0) is 58.6 Å². The van der Waals surface area contributed by atoms with E-state index in [1.54, 1.807) is 34.6 Å². The van der Waals surface area contributed by atoms with Crippen LogP contribution in [0.2, 0.25) is 0 Å². The number of hydrogen-bond acceptors (Lipinski definition) is 20. The maximum Gasteiger partial charge on any atom is 0.407 e. The van der Waals surface area contributed by atoms with Gasteiger partial charge in [0.2, 0.25) is 12.7 Å². The highest BCUT2D eigenvalue weighted by molar-refractivity contribution is 6.03. The number of nitrogens with two attached hydrogens (primary N) is 1. The van der Waals surface area contributed by atoms with Crippen molar-refractivity contribution in [2.75, 3.05) is 77.6 Å². The number of esters is 1. The normalized spacial score (nSPS) is 21.9. The molecule has 92 heavy (non-hydrogen) atoms. The Kier molecular flexibility index (Phi) is 15.4. The van der Waals surface area contributed by atoms with Crippen molar-refractivity contribution in [3.63, 3.8) is 0 Å². The Labute approximate surface area is 522 Å². The van der Waals surface area contributed by atoms with Crippen LogP contribution in [0.25, 0.3) is 55.2 Å². The number of carbonyl (C=O) groups is 4. The third kappa shape index (κ3) is 10.3. The number of amides is 3. The summed E-state index contributed by atoms with van der Waals surface area (Å²) in [5, 5.41) is 17.4. The van der Waals surface area contributed by atoms with Gasteiger partial charge in [0, 0.05) is 77.9 Å². The summed E-state index contributed by atoms with van der Waals surface area (Å²) in [5.41, 5.74) is 5.67. The molecule has 4 fully saturated rings. The van der Waals surface area contributed by atoms with Crippen LogP contribution in [0.5, 0.6) is 23.3 Å². The minimum absolute atomic E-state index is 0.0185. The number of phenolic OH excluding ortho intramolecular Hbond substituents is 1. The smallest absolute Gasteiger partial charge is 0.407 e. The van der Waals surface area contributed by atoms with Crippen molar-refractivity contribution in [2.45, 2.75) is 94.5 Å². The fraction of sp³-hybridized carbons (Fsp3) is 0.400. The zero-order chi connectivity index (χ0) is 63.9. The van der Waals surface area contributed by atoms with E-state index in [2.05, 4.69) is 38.0 Å². The van der Waals surface area contributed by atoms with Crippen molar-refractivity contribution >= 4 is 62.3 Å². The second-order valence-corrected chi connectivity index (χ2v) is 24.1. The lowest BCUT2D eigenvalue weighted by Gasteiger charge is -2.42. The summed E-state index contributed by atoms with van der Waals surface area (Å²) in [6, 6.07) is 9.45. The minimum Gasteiger partial charge on any atom is -0.508 e. The van der Waals surface area contributed by atoms with Crippen molar-refractivity contribution < 1.29 is 70.6 Å². The molecular weight excluding hydrogens is 1200 g/mol. The predicted molar refractivity (Wildman–Crippen MR) is 324 cm³/mol. The topological polar surface area (TPSA) is 286 Å². The highest BCUT2D eigenvalue weighted by Gasteiger charge is 2.50. The molecule has 24 nitrogen and oxygen atoms in total. The van der Waals surface area contributed by atoms with E-state index in [0.29, 0.717) is 81.7 Å². The van der Waals surface area contributed by atoms with E-state index >= 15 is 8.78 Å². The monoisotopic (exact) mass is 1260 g/mol. The Hall–Kier alpha value is -9.62. The van der Waals surface area contributed by atoms with Crippen molar-refractivity contribution in [1.29, 1.82) is 0 Å². The number of carbonyl (C=O) groups excluding carboxylic acids is 4. The number of phenols is 1. The molecule has 11 heterocycles. The number of nitrogens with one attached hydrogen (secondary N) is 2. The molecule has 4 aromatic heterocycles.